The van der Waals surface area contributed by atoms with Crippen LogP contribution in [0.5, 0.6) is 5.75 Å². The van der Waals surface area contributed by atoms with E-state index >= 15 is 0 Å². The number of H-pyrrole nitrogens is 1. The monoisotopic (exact) mass is 210 g/mol. The Balaban J connectivity index is 2.81. The van der Waals surface area contributed by atoms with Crippen molar-refractivity contribution in [3.05, 3.63) is 28.4 Å². The van der Waals surface area contributed by atoms with Crippen LogP contribution in [0, 0.1) is 6.92 Å². The fraction of sp³-hybridized carbons (Fsp3) is 0.200. The van der Waals surface area contributed by atoms with Crippen LogP contribution in [0.4, 0.5) is 0 Å². The summed E-state index contributed by atoms with van der Waals surface area (Å²) in [5.41, 5.74) is 8.09. The van der Waals surface area contributed by atoms with Gasteiger partial charge in [-0.05, 0) is 24.6 Å². The summed E-state index contributed by atoms with van der Waals surface area (Å²) in [6.45, 7) is 2.27. The molecular formula is C10H11ClN2O. The molecule has 2 rings (SSSR count). The number of halogens is 1. The fourth-order valence-corrected chi connectivity index (χ4v) is 1.69. The van der Waals surface area contributed by atoms with Crippen molar-refractivity contribution < 1.29 is 5.11 Å². The van der Waals surface area contributed by atoms with E-state index in [2.05, 4.69) is 4.98 Å². The number of aromatic hydroxyl groups is 1. The Kier molecular flexibility index (Phi) is 2.13. The summed E-state index contributed by atoms with van der Waals surface area (Å²) in [7, 11) is 0. The molecule has 0 saturated heterocycles. The predicted molar refractivity (Wildman–Crippen MR) is 57.6 cm³/mol. The lowest BCUT2D eigenvalue weighted by Gasteiger charge is -2.01. The Bertz CT molecular complexity index is 490. The van der Waals surface area contributed by atoms with E-state index in [4.69, 9.17) is 17.3 Å². The van der Waals surface area contributed by atoms with Gasteiger partial charge in [-0.2, -0.15) is 0 Å². The standard InChI is InChI=1S/C10H11ClN2O/c1-5-2-8-7(10(14)9(5)11)3-6(4-12)13-8/h2-3,13-14H,4,12H2,1H3. The van der Waals surface area contributed by atoms with E-state index in [1.807, 2.05) is 19.1 Å². The lowest BCUT2D eigenvalue weighted by Crippen LogP contribution is -1.94. The molecule has 1 aromatic carbocycles. The van der Waals surface area contributed by atoms with Crippen LogP contribution >= 0.6 is 11.6 Å². The zero-order valence-electron chi connectivity index (χ0n) is 7.76. The first kappa shape index (κ1) is 9.37. The van der Waals surface area contributed by atoms with Gasteiger partial charge in [-0.3, -0.25) is 0 Å². The number of phenols is 1. The zero-order valence-corrected chi connectivity index (χ0v) is 8.52. The number of hydrogen-bond donors (Lipinski definition) is 3. The Hall–Kier alpha value is -1.19. The van der Waals surface area contributed by atoms with E-state index in [0.717, 1.165) is 22.2 Å². The number of aromatic amines is 1. The topological polar surface area (TPSA) is 62.0 Å². The van der Waals surface area contributed by atoms with Gasteiger partial charge in [0.15, 0.2) is 0 Å². The van der Waals surface area contributed by atoms with Crippen molar-refractivity contribution in [2.24, 2.45) is 5.73 Å². The van der Waals surface area contributed by atoms with Crippen LogP contribution in [0.25, 0.3) is 10.9 Å². The molecule has 14 heavy (non-hydrogen) atoms. The van der Waals surface area contributed by atoms with E-state index in [9.17, 15) is 5.11 Å². The third-order valence-corrected chi connectivity index (χ3v) is 2.77. The number of phenolic OH excluding ortho intramolecular Hbond substituents is 1. The number of hydrogen-bond acceptors (Lipinski definition) is 2. The van der Waals surface area contributed by atoms with Crippen molar-refractivity contribution in [3.63, 3.8) is 0 Å². The first-order valence-corrected chi connectivity index (χ1v) is 4.71. The predicted octanol–water partition coefficient (Wildman–Crippen LogP) is 2.29. The lowest BCUT2D eigenvalue weighted by atomic mass is 10.1. The highest BCUT2D eigenvalue weighted by Gasteiger charge is 2.10. The summed E-state index contributed by atoms with van der Waals surface area (Å²) < 4.78 is 0. The molecule has 1 heterocycles. The van der Waals surface area contributed by atoms with Crippen LogP contribution in [0.3, 0.4) is 0 Å². The van der Waals surface area contributed by atoms with E-state index in [1.165, 1.54) is 0 Å². The molecule has 0 bridgehead atoms. The number of nitrogens with two attached hydrogens (primary N) is 1. The van der Waals surface area contributed by atoms with E-state index < -0.39 is 0 Å². The largest absolute Gasteiger partial charge is 0.506 e. The maximum absolute atomic E-state index is 9.76. The summed E-state index contributed by atoms with van der Waals surface area (Å²) in [6, 6.07) is 3.71. The summed E-state index contributed by atoms with van der Waals surface area (Å²) in [5, 5.41) is 10.9. The van der Waals surface area contributed by atoms with E-state index in [-0.39, 0.29) is 5.75 Å². The van der Waals surface area contributed by atoms with Crippen LogP contribution in [0.15, 0.2) is 12.1 Å². The molecule has 0 amide bonds. The molecule has 0 radical (unpaired) electrons. The molecular weight excluding hydrogens is 200 g/mol. The molecule has 0 aliphatic heterocycles. The van der Waals surface area contributed by atoms with Crippen molar-refractivity contribution >= 4 is 22.5 Å². The highest BCUT2D eigenvalue weighted by Crippen LogP contribution is 2.35. The van der Waals surface area contributed by atoms with Crippen molar-refractivity contribution in [1.29, 1.82) is 0 Å². The molecule has 0 fully saturated rings. The maximum Gasteiger partial charge on any atom is 0.143 e. The molecule has 4 heteroatoms. The van der Waals surface area contributed by atoms with Crippen LogP contribution in [-0.2, 0) is 6.54 Å². The number of benzene rings is 1. The van der Waals surface area contributed by atoms with E-state index in [1.54, 1.807) is 0 Å². The third kappa shape index (κ3) is 1.25. The van der Waals surface area contributed by atoms with Gasteiger partial charge in [0.1, 0.15) is 5.75 Å². The molecule has 1 aromatic heterocycles. The summed E-state index contributed by atoms with van der Waals surface area (Å²) in [5.74, 6) is 0.123. The molecule has 0 unspecified atom stereocenters. The molecule has 0 aliphatic rings. The van der Waals surface area contributed by atoms with E-state index in [0.29, 0.717) is 11.6 Å². The first-order chi connectivity index (χ1) is 6.63. The Morgan fingerprint density at radius 1 is 1.50 bits per heavy atom. The SMILES string of the molecule is Cc1cc2[nH]c(CN)cc2c(O)c1Cl. The van der Waals surface area contributed by atoms with Crippen molar-refractivity contribution in [2.45, 2.75) is 13.5 Å². The van der Waals surface area contributed by atoms with Gasteiger partial charge in [-0.15, -0.1) is 0 Å². The molecule has 0 aliphatic carbocycles. The Morgan fingerprint density at radius 3 is 2.86 bits per heavy atom. The van der Waals surface area contributed by atoms with Crippen LogP contribution in [0.1, 0.15) is 11.3 Å². The molecule has 74 valence electrons. The van der Waals surface area contributed by atoms with Crippen molar-refractivity contribution in [1.82, 2.24) is 4.98 Å². The number of rotatable bonds is 1. The van der Waals surface area contributed by atoms with Gasteiger partial charge in [0.2, 0.25) is 0 Å². The third-order valence-electron chi connectivity index (χ3n) is 2.29. The number of aromatic nitrogens is 1. The molecule has 0 saturated carbocycles. The molecule has 2 aromatic rings. The second kappa shape index (κ2) is 3.19. The summed E-state index contributed by atoms with van der Waals surface area (Å²) >= 11 is 5.91. The van der Waals surface area contributed by atoms with Gasteiger partial charge >= 0.3 is 0 Å². The summed E-state index contributed by atoms with van der Waals surface area (Å²) in [6.07, 6.45) is 0. The Labute approximate surface area is 86.5 Å². The lowest BCUT2D eigenvalue weighted by molar-refractivity contribution is 0.481. The van der Waals surface area contributed by atoms with Gasteiger partial charge in [-0.25, -0.2) is 0 Å². The summed E-state index contributed by atoms with van der Waals surface area (Å²) in [4.78, 5) is 3.11. The minimum Gasteiger partial charge on any atom is -0.506 e. The minimum atomic E-state index is 0.123. The number of nitrogens with one attached hydrogen (secondary N) is 1. The van der Waals surface area contributed by atoms with Gasteiger partial charge in [-0.1, -0.05) is 11.6 Å². The first-order valence-electron chi connectivity index (χ1n) is 4.33. The number of aryl methyl sites for hydroxylation is 1. The minimum absolute atomic E-state index is 0.123. The average Bonchev–Trinajstić information content (AvgIpc) is 2.57. The van der Waals surface area contributed by atoms with Crippen LogP contribution in [0.2, 0.25) is 5.02 Å². The van der Waals surface area contributed by atoms with Crippen molar-refractivity contribution in [3.8, 4) is 5.75 Å². The molecule has 3 nitrogen and oxygen atoms in total. The molecule has 4 N–H and O–H groups in total. The van der Waals surface area contributed by atoms with Crippen LogP contribution in [-0.4, -0.2) is 10.1 Å². The zero-order chi connectivity index (χ0) is 10.3. The Morgan fingerprint density at radius 2 is 2.21 bits per heavy atom. The highest BCUT2D eigenvalue weighted by molar-refractivity contribution is 6.34. The second-order valence-electron chi connectivity index (χ2n) is 3.32. The quantitative estimate of drug-likeness (QED) is 0.676. The van der Waals surface area contributed by atoms with Crippen molar-refractivity contribution in [2.75, 3.05) is 0 Å². The van der Waals surface area contributed by atoms with Crippen LogP contribution < -0.4 is 5.73 Å². The normalized spacial score (nSPS) is 11.1. The second-order valence-corrected chi connectivity index (χ2v) is 3.69. The number of fused-ring (bicyclic) bond motifs is 1. The fourth-order valence-electron chi connectivity index (χ4n) is 1.53. The van der Waals surface area contributed by atoms with Gasteiger partial charge in [0.25, 0.3) is 0 Å². The van der Waals surface area contributed by atoms with Gasteiger partial charge in [0, 0.05) is 23.1 Å². The molecule has 0 spiro atoms. The smallest absolute Gasteiger partial charge is 0.143 e. The maximum atomic E-state index is 9.76. The average molecular weight is 211 g/mol. The molecule has 0 atom stereocenters. The van der Waals surface area contributed by atoms with Gasteiger partial charge < -0.3 is 15.8 Å². The highest BCUT2D eigenvalue weighted by atomic mass is 35.5. The van der Waals surface area contributed by atoms with Gasteiger partial charge in [0.05, 0.1) is 5.02 Å².